The molecule has 1 aromatic carbocycles. The average molecular weight is 340 g/mol. The zero-order valence-corrected chi connectivity index (χ0v) is 13.5. The second kappa shape index (κ2) is 7.12. The number of nitrogens with one attached hydrogen (secondary N) is 1. The van der Waals surface area contributed by atoms with E-state index in [1.54, 1.807) is 0 Å². The minimum absolute atomic E-state index is 0.325. The van der Waals surface area contributed by atoms with Crippen LogP contribution < -0.4 is 5.32 Å². The van der Waals surface area contributed by atoms with E-state index in [0.717, 1.165) is 16.8 Å². The highest BCUT2D eigenvalue weighted by Crippen LogP contribution is 2.25. The highest BCUT2D eigenvalue weighted by Gasteiger charge is 2.14. The van der Waals surface area contributed by atoms with E-state index >= 15 is 0 Å². The summed E-state index contributed by atoms with van der Waals surface area (Å²) in [6, 6.07) is 10.8. The molecule has 0 aliphatic heterocycles. The number of halogens is 1. The Morgan fingerprint density at radius 2 is 2.05 bits per heavy atom. The van der Waals surface area contributed by atoms with Crippen molar-refractivity contribution in [3.05, 3.63) is 46.7 Å². The van der Waals surface area contributed by atoms with Crippen molar-refractivity contribution in [2.45, 2.75) is 17.9 Å². The summed E-state index contributed by atoms with van der Waals surface area (Å²) in [6.07, 6.45) is 1.85. The second-order valence-electron chi connectivity index (χ2n) is 4.25. The molecule has 102 valence electrons. The molecule has 1 atom stereocenters. The van der Waals surface area contributed by atoms with E-state index in [1.165, 1.54) is 10.6 Å². The summed E-state index contributed by atoms with van der Waals surface area (Å²) in [5.74, 6) is 0.995. The van der Waals surface area contributed by atoms with Gasteiger partial charge in [0.05, 0.1) is 11.7 Å². The lowest BCUT2D eigenvalue weighted by atomic mass is 10.2. The van der Waals surface area contributed by atoms with E-state index in [4.69, 9.17) is 0 Å². The highest BCUT2D eigenvalue weighted by molar-refractivity contribution is 9.10. The van der Waals surface area contributed by atoms with Gasteiger partial charge in [0.25, 0.3) is 0 Å². The summed E-state index contributed by atoms with van der Waals surface area (Å²) in [6.45, 7) is 3.09. The van der Waals surface area contributed by atoms with Crippen molar-refractivity contribution in [2.75, 3.05) is 12.3 Å². The molecule has 1 N–H and O–H groups in total. The monoisotopic (exact) mass is 339 g/mol. The van der Waals surface area contributed by atoms with Crippen LogP contribution in [0.4, 0.5) is 0 Å². The second-order valence-corrected chi connectivity index (χ2v) is 6.26. The van der Waals surface area contributed by atoms with E-state index in [2.05, 4.69) is 63.6 Å². The SMILES string of the molecule is CCNC(CSc1ccc(Br)cc1)c1ccnn1C. The molecule has 0 aliphatic carbocycles. The average Bonchev–Trinajstić information content (AvgIpc) is 2.83. The van der Waals surface area contributed by atoms with Crippen LogP contribution in [0.5, 0.6) is 0 Å². The Bertz CT molecular complexity index is 510. The van der Waals surface area contributed by atoms with Crippen molar-refractivity contribution >= 4 is 27.7 Å². The van der Waals surface area contributed by atoms with Gasteiger partial charge in [-0.2, -0.15) is 5.10 Å². The molecular weight excluding hydrogens is 322 g/mol. The van der Waals surface area contributed by atoms with Gasteiger partial charge in [-0.25, -0.2) is 0 Å². The Hall–Kier alpha value is -0.780. The van der Waals surface area contributed by atoms with Crippen LogP contribution in [0.25, 0.3) is 0 Å². The number of nitrogens with zero attached hydrogens (tertiary/aromatic N) is 2. The number of aryl methyl sites for hydroxylation is 1. The third-order valence-electron chi connectivity index (χ3n) is 2.90. The van der Waals surface area contributed by atoms with E-state index in [9.17, 15) is 0 Å². The summed E-state index contributed by atoms with van der Waals surface area (Å²) in [7, 11) is 1.99. The van der Waals surface area contributed by atoms with E-state index in [0.29, 0.717) is 6.04 Å². The van der Waals surface area contributed by atoms with Crippen molar-refractivity contribution in [3.63, 3.8) is 0 Å². The third kappa shape index (κ3) is 4.09. The zero-order chi connectivity index (χ0) is 13.7. The van der Waals surface area contributed by atoms with Crippen molar-refractivity contribution in [2.24, 2.45) is 7.05 Å². The van der Waals surface area contributed by atoms with Crippen molar-refractivity contribution in [3.8, 4) is 0 Å². The standard InChI is InChI=1S/C14H18BrN3S/c1-3-16-13(14-8-9-17-18(14)2)10-19-12-6-4-11(15)5-7-12/h4-9,13,16H,3,10H2,1-2H3. The molecule has 1 unspecified atom stereocenters. The lowest BCUT2D eigenvalue weighted by Gasteiger charge is -2.17. The minimum Gasteiger partial charge on any atom is -0.308 e. The fraction of sp³-hybridized carbons (Fsp3) is 0.357. The molecule has 0 amide bonds. The molecule has 0 spiro atoms. The summed E-state index contributed by atoms with van der Waals surface area (Å²) in [4.78, 5) is 1.29. The number of benzene rings is 1. The molecule has 0 bridgehead atoms. The van der Waals surface area contributed by atoms with Gasteiger partial charge in [0.15, 0.2) is 0 Å². The number of rotatable bonds is 6. The zero-order valence-electron chi connectivity index (χ0n) is 11.1. The molecule has 2 aromatic rings. The fourth-order valence-electron chi connectivity index (χ4n) is 1.93. The molecule has 0 radical (unpaired) electrons. The van der Waals surface area contributed by atoms with Gasteiger partial charge < -0.3 is 5.32 Å². The first-order chi connectivity index (χ1) is 9.20. The number of hydrogen-bond donors (Lipinski definition) is 1. The smallest absolute Gasteiger partial charge is 0.0587 e. The predicted molar refractivity (Wildman–Crippen MR) is 84.5 cm³/mol. The third-order valence-corrected chi connectivity index (χ3v) is 4.53. The van der Waals surface area contributed by atoms with Crippen LogP contribution in [0, 0.1) is 0 Å². The quantitative estimate of drug-likeness (QED) is 0.815. The summed E-state index contributed by atoms with van der Waals surface area (Å²) in [5, 5.41) is 7.76. The van der Waals surface area contributed by atoms with Gasteiger partial charge >= 0.3 is 0 Å². The van der Waals surface area contributed by atoms with Gasteiger partial charge in [-0.1, -0.05) is 22.9 Å². The number of aromatic nitrogens is 2. The Kier molecular flexibility index (Phi) is 5.48. The number of thioether (sulfide) groups is 1. The van der Waals surface area contributed by atoms with Crippen LogP contribution >= 0.6 is 27.7 Å². The van der Waals surface area contributed by atoms with Crippen molar-refractivity contribution in [1.82, 2.24) is 15.1 Å². The van der Waals surface area contributed by atoms with E-state index < -0.39 is 0 Å². The Morgan fingerprint density at radius 3 is 2.63 bits per heavy atom. The Morgan fingerprint density at radius 1 is 1.32 bits per heavy atom. The van der Waals surface area contributed by atoms with Crippen LogP contribution in [-0.2, 0) is 7.05 Å². The molecule has 0 aliphatic rings. The van der Waals surface area contributed by atoms with Crippen LogP contribution in [0.1, 0.15) is 18.7 Å². The van der Waals surface area contributed by atoms with Crippen molar-refractivity contribution < 1.29 is 0 Å². The normalized spacial score (nSPS) is 12.6. The lowest BCUT2D eigenvalue weighted by molar-refractivity contribution is 0.553. The van der Waals surface area contributed by atoms with Gasteiger partial charge in [-0.15, -0.1) is 11.8 Å². The van der Waals surface area contributed by atoms with Crippen molar-refractivity contribution in [1.29, 1.82) is 0 Å². The molecule has 19 heavy (non-hydrogen) atoms. The molecule has 0 saturated heterocycles. The van der Waals surface area contributed by atoms with Gasteiger partial charge in [0, 0.05) is 28.4 Å². The van der Waals surface area contributed by atoms with Crippen LogP contribution in [-0.4, -0.2) is 22.1 Å². The van der Waals surface area contributed by atoms with Crippen LogP contribution in [0.15, 0.2) is 45.9 Å². The molecule has 5 heteroatoms. The van der Waals surface area contributed by atoms with Gasteiger partial charge in [-0.3, -0.25) is 4.68 Å². The molecule has 2 rings (SSSR count). The molecule has 1 aromatic heterocycles. The first-order valence-corrected chi connectivity index (χ1v) is 8.08. The molecular formula is C14H18BrN3S. The summed E-state index contributed by atoms with van der Waals surface area (Å²) >= 11 is 5.32. The molecule has 3 nitrogen and oxygen atoms in total. The van der Waals surface area contributed by atoms with Gasteiger partial charge in [0.1, 0.15) is 0 Å². The van der Waals surface area contributed by atoms with Gasteiger partial charge in [-0.05, 0) is 36.9 Å². The van der Waals surface area contributed by atoms with Crippen LogP contribution in [0.2, 0.25) is 0 Å². The van der Waals surface area contributed by atoms with E-state index in [1.807, 2.05) is 29.7 Å². The maximum atomic E-state index is 4.25. The summed E-state index contributed by atoms with van der Waals surface area (Å²) in [5.41, 5.74) is 1.23. The molecule has 0 saturated carbocycles. The maximum Gasteiger partial charge on any atom is 0.0587 e. The fourth-order valence-corrected chi connectivity index (χ4v) is 3.17. The minimum atomic E-state index is 0.325. The first-order valence-electron chi connectivity index (χ1n) is 6.30. The number of hydrogen-bond acceptors (Lipinski definition) is 3. The maximum absolute atomic E-state index is 4.25. The lowest BCUT2D eigenvalue weighted by Crippen LogP contribution is -2.25. The first kappa shape index (κ1) is 14.6. The highest BCUT2D eigenvalue weighted by atomic mass is 79.9. The Balaban J connectivity index is 2.01. The topological polar surface area (TPSA) is 29.9 Å². The van der Waals surface area contributed by atoms with Gasteiger partial charge in [0.2, 0.25) is 0 Å². The van der Waals surface area contributed by atoms with E-state index in [-0.39, 0.29) is 0 Å². The predicted octanol–water partition coefficient (Wildman–Crippen LogP) is 3.63. The van der Waals surface area contributed by atoms with Crippen LogP contribution in [0.3, 0.4) is 0 Å². The molecule has 1 heterocycles. The largest absolute Gasteiger partial charge is 0.308 e. The summed E-state index contributed by atoms with van der Waals surface area (Å²) < 4.78 is 3.06. The molecule has 0 fully saturated rings. The Labute approximate surface area is 126 Å².